The van der Waals surface area contributed by atoms with Crippen LogP contribution in [-0.2, 0) is 32.6 Å². The lowest BCUT2D eigenvalue weighted by molar-refractivity contribution is -0.211. The van der Waals surface area contributed by atoms with Gasteiger partial charge in [-0.05, 0) is 34.1 Å². The van der Waals surface area contributed by atoms with E-state index in [0.29, 0.717) is 6.42 Å². The summed E-state index contributed by atoms with van der Waals surface area (Å²) in [6, 6.07) is -2.15. The van der Waals surface area contributed by atoms with Crippen molar-refractivity contribution in [1.82, 2.24) is 0 Å². The Morgan fingerprint density at radius 1 is 1.10 bits per heavy atom. The van der Waals surface area contributed by atoms with Crippen LogP contribution in [0, 0.1) is 0 Å². The van der Waals surface area contributed by atoms with E-state index in [1.165, 1.54) is 0 Å². The smallest absolute Gasteiger partial charge is 0.380 e. The molecule has 7 atom stereocenters. The maximum atomic E-state index is 12.4. The van der Waals surface area contributed by atoms with Gasteiger partial charge < -0.3 is 34.1 Å². The molecule has 2 aliphatic heterocycles. The average molecular weight is 434 g/mol. The second kappa shape index (κ2) is 10.1. The summed E-state index contributed by atoms with van der Waals surface area (Å²) in [5, 5.41) is 20.3. The van der Waals surface area contributed by atoms with Crippen molar-refractivity contribution in [2.45, 2.75) is 88.5 Å². The van der Waals surface area contributed by atoms with Crippen LogP contribution >= 0.6 is 7.82 Å². The van der Waals surface area contributed by atoms with Gasteiger partial charge in [-0.3, -0.25) is 9.05 Å². The predicted octanol–water partition coefficient (Wildman–Crippen LogP) is -0.435. The van der Waals surface area contributed by atoms with Crippen LogP contribution < -0.4 is 0 Å². The Labute approximate surface area is 173 Å². The summed E-state index contributed by atoms with van der Waals surface area (Å²) in [5.74, 6) is -2.72. The molecule has 0 amide bonds. The molecule has 29 heavy (non-hydrogen) atoms. The Hall–Kier alpha value is -0.000130. The van der Waals surface area contributed by atoms with Crippen LogP contribution in [-0.4, -0.2) is 98.4 Å². The second-order valence-corrected chi connectivity index (χ2v) is 9.13. The van der Waals surface area contributed by atoms with Gasteiger partial charge in [-0.15, -0.1) is 0 Å². The summed E-state index contributed by atoms with van der Waals surface area (Å²) in [4.78, 5) is 10.1. The van der Waals surface area contributed by atoms with E-state index in [-0.39, 0.29) is 25.4 Å². The fourth-order valence-corrected chi connectivity index (χ4v) is 4.06. The van der Waals surface area contributed by atoms with E-state index in [4.69, 9.17) is 43.7 Å². The highest BCUT2D eigenvalue weighted by molar-refractivity contribution is 7.47. The van der Waals surface area contributed by atoms with Crippen LogP contribution in [0.1, 0.15) is 34.1 Å². The molecule has 1 unspecified atom stereocenters. The van der Waals surface area contributed by atoms with E-state index in [2.05, 4.69) is 0 Å². The number of hydrogen-bond acceptors (Lipinski definition) is 9. The first-order chi connectivity index (χ1) is 13.3. The molecule has 2 rings (SSSR count). The molecule has 0 aromatic rings. The fourth-order valence-electron chi connectivity index (χ4n) is 3.08. The van der Waals surface area contributed by atoms with Gasteiger partial charge >= 0.3 is 7.82 Å². The van der Waals surface area contributed by atoms with Gasteiger partial charge in [0.15, 0.2) is 6.10 Å². The molecule has 3 N–H and O–H groups in total. The lowest BCUT2D eigenvalue weighted by atomic mass is 9.90. The van der Waals surface area contributed by atoms with Gasteiger partial charge in [0.2, 0.25) is 5.79 Å². The SMILES string of the molecule is [B][C@@H]1O[C@H](COC(C)C)[C@H](OP(=O)(O)OC[C@H]2O[C@@H]([B])C[C@H]2OC(C)C)C1(O)O. The molecule has 0 aromatic carbocycles. The van der Waals surface area contributed by atoms with Gasteiger partial charge in [0.05, 0.1) is 37.5 Å². The zero-order chi connectivity index (χ0) is 22.0. The van der Waals surface area contributed by atoms with Gasteiger partial charge in [-0.1, -0.05) is 0 Å². The van der Waals surface area contributed by atoms with E-state index in [1.807, 2.05) is 13.8 Å². The Morgan fingerprint density at radius 3 is 2.34 bits per heavy atom. The van der Waals surface area contributed by atoms with Crippen molar-refractivity contribution in [2.75, 3.05) is 13.2 Å². The summed E-state index contributed by atoms with van der Waals surface area (Å²) in [6.07, 6.45) is -3.78. The third-order valence-corrected chi connectivity index (χ3v) is 5.38. The largest absolute Gasteiger partial charge is 0.472 e. The normalized spacial score (nSPS) is 36.7. The third-order valence-electron chi connectivity index (χ3n) is 4.41. The van der Waals surface area contributed by atoms with Crippen LogP contribution in [0.3, 0.4) is 0 Å². The Kier molecular flexibility index (Phi) is 8.78. The van der Waals surface area contributed by atoms with E-state index in [0.717, 1.165) is 0 Å². The number of rotatable bonds is 10. The monoisotopic (exact) mass is 434 g/mol. The maximum absolute atomic E-state index is 12.4. The van der Waals surface area contributed by atoms with E-state index in [9.17, 15) is 19.7 Å². The van der Waals surface area contributed by atoms with E-state index < -0.39 is 50.0 Å². The topological polar surface area (TPSA) is 133 Å². The minimum absolute atomic E-state index is 0.100. The fraction of sp³-hybridized carbons (Fsp3) is 1.00. The molecule has 0 aliphatic carbocycles. The van der Waals surface area contributed by atoms with Crippen molar-refractivity contribution in [3.8, 4) is 0 Å². The zero-order valence-electron chi connectivity index (χ0n) is 17.0. The quantitative estimate of drug-likeness (QED) is 0.236. The molecule has 164 valence electrons. The highest BCUT2D eigenvalue weighted by Gasteiger charge is 2.56. The Morgan fingerprint density at radius 2 is 1.76 bits per heavy atom. The summed E-state index contributed by atoms with van der Waals surface area (Å²) < 4.78 is 44.2. The predicted molar refractivity (Wildman–Crippen MR) is 102 cm³/mol. The highest BCUT2D eigenvalue weighted by Crippen LogP contribution is 2.49. The Balaban J connectivity index is 1.99. The second-order valence-electron chi connectivity index (χ2n) is 7.72. The molecule has 0 bridgehead atoms. The van der Waals surface area contributed by atoms with Crippen molar-refractivity contribution < 1.29 is 47.7 Å². The van der Waals surface area contributed by atoms with Gasteiger partial charge in [-0.25, -0.2) is 4.57 Å². The van der Waals surface area contributed by atoms with E-state index >= 15 is 0 Å². The standard InChI is InChI=1S/C16H29B2O10P/c1-8(2)23-6-12-14(16(19,20)15(18)27-12)28-29(21,22)24-7-11-10(25-9(3)4)5-13(17)26-11/h8-15,19-20H,5-7H2,1-4H3,(H,21,22)/t10-,11-,12-,13-,14+,15-/m1/s1. The molecule has 0 saturated carbocycles. The van der Waals surface area contributed by atoms with Crippen molar-refractivity contribution in [3.05, 3.63) is 0 Å². The van der Waals surface area contributed by atoms with Crippen molar-refractivity contribution in [1.29, 1.82) is 0 Å². The minimum atomic E-state index is -4.75. The summed E-state index contributed by atoms with van der Waals surface area (Å²) in [7, 11) is 6.56. The van der Waals surface area contributed by atoms with Gasteiger partial charge in [-0.2, -0.15) is 0 Å². The number of hydrogen-bond donors (Lipinski definition) is 3. The van der Waals surface area contributed by atoms with E-state index in [1.54, 1.807) is 13.8 Å². The molecule has 10 nitrogen and oxygen atoms in total. The zero-order valence-corrected chi connectivity index (χ0v) is 17.9. The summed E-state index contributed by atoms with van der Waals surface area (Å²) in [5.41, 5.74) is 0. The number of aliphatic hydroxyl groups is 2. The molecule has 0 spiro atoms. The molecular formula is C16H29B2O10P. The maximum Gasteiger partial charge on any atom is 0.472 e. The Bertz CT molecular complexity index is 578. The van der Waals surface area contributed by atoms with Crippen LogP contribution in [0.4, 0.5) is 0 Å². The molecule has 2 saturated heterocycles. The van der Waals surface area contributed by atoms with Gasteiger partial charge in [0, 0.05) is 6.00 Å². The first-order valence-electron chi connectivity index (χ1n) is 9.51. The van der Waals surface area contributed by atoms with Crippen molar-refractivity contribution in [3.63, 3.8) is 0 Å². The first-order valence-corrected chi connectivity index (χ1v) is 11.0. The summed E-state index contributed by atoms with van der Waals surface area (Å²) >= 11 is 0. The summed E-state index contributed by atoms with van der Waals surface area (Å²) in [6.45, 7) is 6.72. The lowest BCUT2D eigenvalue weighted by Crippen LogP contribution is -2.50. The molecule has 13 heteroatoms. The average Bonchev–Trinajstić information content (AvgIpc) is 3.02. The molecule has 2 heterocycles. The number of ether oxygens (including phenoxy) is 4. The van der Waals surface area contributed by atoms with Crippen LogP contribution in [0.25, 0.3) is 0 Å². The number of phosphoric acid groups is 1. The van der Waals surface area contributed by atoms with Crippen LogP contribution in [0.2, 0.25) is 0 Å². The first kappa shape index (κ1) is 25.3. The molecule has 4 radical (unpaired) electrons. The minimum Gasteiger partial charge on any atom is -0.380 e. The van der Waals surface area contributed by atoms with Crippen molar-refractivity contribution in [2.24, 2.45) is 0 Å². The lowest BCUT2D eigenvalue weighted by Gasteiger charge is -2.29. The van der Waals surface area contributed by atoms with Crippen LogP contribution in [0.15, 0.2) is 0 Å². The van der Waals surface area contributed by atoms with Crippen LogP contribution in [0.5, 0.6) is 0 Å². The molecule has 0 aromatic heterocycles. The molecular weight excluding hydrogens is 405 g/mol. The van der Waals surface area contributed by atoms with Gasteiger partial charge in [0.1, 0.15) is 27.9 Å². The van der Waals surface area contributed by atoms with Gasteiger partial charge in [0.25, 0.3) is 0 Å². The highest BCUT2D eigenvalue weighted by atomic mass is 31.2. The number of phosphoric ester groups is 1. The third kappa shape index (κ3) is 7.00. The molecule has 2 aliphatic rings. The van der Waals surface area contributed by atoms with Crippen molar-refractivity contribution >= 4 is 23.5 Å². The molecule has 2 fully saturated rings.